The highest BCUT2D eigenvalue weighted by Crippen LogP contribution is 2.23. The standard InChI is InChI=1S/C21H22N6O5S/c1-15-23-18(26-10-9-22-14-26)13-19(24-15)32-17-7-5-16(6-8-17)25-33(30,31)12-11-27-20(28)3-2-4-21(27)29/h5-10,13-14,25H,2-4,11-12H2,1H3. The normalized spacial score (nSPS) is 14.4. The summed E-state index contributed by atoms with van der Waals surface area (Å²) in [6, 6.07) is 7.96. The second-order valence-electron chi connectivity index (χ2n) is 7.42. The van der Waals surface area contributed by atoms with Crippen LogP contribution in [0.1, 0.15) is 25.1 Å². The minimum Gasteiger partial charge on any atom is -0.439 e. The van der Waals surface area contributed by atoms with E-state index in [1.165, 1.54) is 0 Å². The molecular weight excluding hydrogens is 448 g/mol. The summed E-state index contributed by atoms with van der Waals surface area (Å²) in [5.74, 6) is 0.863. The molecule has 0 aliphatic carbocycles. The van der Waals surface area contributed by atoms with Gasteiger partial charge < -0.3 is 4.74 Å². The molecule has 0 atom stereocenters. The van der Waals surface area contributed by atoms with E-state index in [-0.39, 0.29) is 37.0 Å². The lowest BCUT2D eigenvalue weighted by Gasteiger charge is -2.24. The topological polar surface area (TPSA) is 136 Å². The number of carbonyl (C=O) groups excluding carboxylic acids is 2. The number of hydrogen-bond acceptors (Lipinski definition) is 8. The third-order valence-electron chi connectivity index (χ3n) is 4.89. The van der Waals surface area contributed by atoms with Crippen LogP contribution in [-0.2, 0) is 19.6 Å². The summed E-state index contributed by atoms with van der Waals surface area (Å²) in [5.41, 5.74) is 0.330. The zero-order valence-corrected chi connectivity index (χ0v) is 18.7. The van der Waals surface area contributed by atoms with Crippen molar-refractivity contribution < 1.29 is 22.7 Å². The fourth-order valence-corrected chi connectivity index (χ4v) is 4.33. The minimum atomic E-state index is -3.76. The first-order valence-electron chi connectivity index (χ1n) is 10.2. The van der Waals surface area contributed by atoms with Gasteiger partial charge in [0.25, 0.3) is 0 Å². The molecule has 0 saturated carbocycles. The van der Waals surface area contributed by atoms with Crippen molar-refractivity contribution in [1.29, 1.82) is 0 Å². The molecule has 1 aromatic carbocycles. The number of nitrogens with one attached hydrogen (secondary N) is 1. The van der Waals surface area contributed by atoms with E-state index in [0.29, 0.717) is 35.4 Å². The van der Waals surface area contributed by atoms with Gasteiger partial charge in [-0.2, -0.15) is 4.98 Å². The van der Waals surface area contributed by atoms with Crippen molar-refractivity contribution in [1.82, 2.24) is 24.4 Å². The minimum absolute atomic E-state index is 0.166. The van der Waals surface area contributed by atoms with Crippen LogP contribution in [0.4, 0.5) is 5.69 Å². The van der Waals surface area contributed by atoms with Gasteiger partial charge in [0.1, 0.15) is 23.7 Å². The summed E-state index contributed by atoms with van der Waals surface area (Å²) in [7, 11) is -3.76. The number of imidazole rings is 1. The molecule has 1 saturated heterocycles. The number of amides is 2. The van der Waals surface area contributed by atoms with E-state index in [2.05, 4.69) is 19.7 Å². The number of hydrogen-bond donors (Lipinski definition) is 1. The lowest BCUT2D eigenvalue weighted by Crippen LogP contribution is -2.43. The highest BCUT2D eigenvalue weighted by molar-refractivity contribution is 7.92. The van der Waals surface area contributed by atoms with Crippen molar-refractivity contribution in [3.8, 4) is 17.4 Å². The fraction of sp³-hybridized carbons (Fsp3) is 0.286. The first-order valence-corrected chi connectivity index (χ1v) is 11.9. The zero-order valence-electron chi connectivity index (χ0n) is 17.8. The molecule has 0 bridgehead atoms. The Hall–Kier alpha value is -3.80. The number of nitrogens with zero attached hydrogens (tertiary/aromatic N) is 5. The number of benzene rings is 1. The Morgan fingerprint density at radius 3 is 2.48 bits per heavy atom. The van der Waals surface area contributed by atoms with Gasteiger partial charge >= 0.3 is 0 Å². The van der Waals surface area contributed by atoms with E-state index in [4.69, 9.17) is 4.74 Å². The molecule has 0 spiro atoms. The second-order valence-corrected chi connectivity index (χ2v) is 9.26. The van der Waals surface area contributed by atoms with Crippen LogP contribution in [0.25, 0.3) is 5.82 Å². The molecule has 1 aliphatic heterocycles. The predicted molar refractivity (Wildman–Crippen MR) is 118 cm³/mol. The molecule has 3 aromatic rings. The Morgan fingerprint density at radius 2 is 1.82 bits per heavy atom. The summed E-state index contributed by atoms with van der Waals surface area (Å²) < 4.78 is 34.8. The third kappa shape index (κ3) is 5.71. The molecule has 2 aromatic heterocycles. The first kappa shape index (κ1) is 22.4. The van der Waals surface area contributed by atoms with Gasteiger partial charge in [-0.05, 0) is 37.6 Å². The van der Waals surface area contributed by atoms with Gasteiger partial charge in [-0.1, -0.05) is 0 Å². The maximum atomic E-state index is 12.4. The van der Waals surface area contributed by atoms with Gasteiger partial charge in [-0.25, -0.2) is 18.4 Å². The highest BCUT2D eigenvalue weighted by atomic mass is 32.2. The smallest absolute Gasteiger partial charge is 0.234 e. The first-order chi connectivity index (χ1) is 15.8. The monoisotopic (exact) mass is 470 g/mol. The number of sulfonamides is 1. The van der Waals surface area contributed by atoms with Crippen molar-refractivity contribution in [3.05, 3.63) is 54.9 Å². The Kier molecular flexibility index (Phi) is 6.36. The number of likely N-dealkylation sites (tertiary alicyclic amines) is 1. The van der Waals surface area contributed by atoms with Crippen molar-refractivity contribution in [2.75, 3.05) is 17.0 Å². The van der Waals surface area contributed by atoms with Crippen LogP contribution in [0.2, 0.25) is 0 Å². The number of rotatable bonds is 8. The molecule has 1 fully saturated rings. The van der Waals surface area contributed by atoms with Crippen LogP contribution >= 0.6 is 0 Å². The van der Waals surface area contributed by atoms with Crippen LogP contribution in [0, 0.1) is 6.92 Å². The van der Waals surface area contributed by atoms with Crippen LogP contribution in [0.15, 0.2) is 49.1 Å². The largest absolute Gasteiger partial charge is 0.439 e. The number of anilines is 1. The van der Waals surface area contributed by atoms with E-state index in [9.17, 15) is 18.0 Å². The number of piperidine rings is 1. The van der Waals surface area contributed by atoms with Crippen molar-refractivity contribution >= 4 is 27.5 Å². The molecule has 33 heavy (non-hydrogen) atoms. The van der Waals surface area contributed by atoms with Gasteiger partial charge in [-0.3, -0.25) is 23.8 Å². The number of imide groups is 1. The Balaban J connectivity index is 1.38. The van der Waals surface area contributed by atoms with Crippen LogP contribution in [0.5, 0.6) is 11.6 Å². The van der Waals surface area contributed by atoms with Gasteiger partial charge in [0.15, 0.2) is 0 Å². The molecule has 4 rings (SSSR count). The molecule has 3 heterocycles. The van der Waals surface area contributed by atoms with Gasteiger partial charge in [0, 0.05) is 43.5 Å². The summed E-state index contributed by atoms with van der Waals surface area (Å²) in [5, 5.41) is 0. The number of carbonyl (C=O) groups is 2. The van der Waals surface area contributed by atoms with Crippen LogP contribution in [0.3, 0.4) is 0 Å². The van der Waals surface area contributed by atoms with E-state index in [1.54, 1.807) is 60.5 Å². The number of ether oxygens (including phenoxy) is 1. The van der Waals surface area contributed by atoms with E-state index in [1.807, 2.05) is 0 Å². The molecule has 12 heteroatoms. The Bertz CT molecular complexity index is 1240. The molecule has 172 valence electrons. The average molecular weight is 471 g/mol. The van der Waals surface area contributed by atoms with Crippen LogP contribution in [-0.4, -0.2) is 56.9 Å². The lowest BCUT2D eigenvalue weighted by molar-refractivity contribution is -0.147. The zero-order chi connectivity index (χ0) is 23.4. The molecule has 0 radical (unpaired) electrons. The van der Waals surface area contributed by atoms with E-state index in [0.717, 1.165) is 4.90 Å². The molecule has 1 aliphatic rings. The summed E-state index contributed by atoms with van der Waals surface area (Å²) in [6.45, 7) is 1.58. The molecular formula is C21H22N6O5S. The molecule has 1 N–H and O–H groups in total. The summed E-state index contributed by atoms with van der Waals surface area (Å²) in [4.78, 5) is 37.3. The van der Waals surface area contributed by atoms with Gasteiger partial charge in [-0.15, -0.1) is 0 Å². The summed E-state index contributed by atoms with van der Waals surface area (Å²) >= 11 is 0. The SMILES string of the molecule is Cc1nc(Oc2ccc(NS(=O)(=O)CCN3C(=O)CCCC3=O)cc2)cc(-n2ccnc2)n1. The van der Waals surface area contributed by atoms with Gasteiger partial charge in [0.2, 0.25) is 27.7 Å². The Morgan fingerprint density at radius 1 is 1.09 bits per heavy atom. The average Bonchev–Trinajstić information content (AvgIpc) is 3.29. The lowest BCUT2D eigenvalue weighted by atomic mass is 10.1. The maximum absolute atomic E-state index is 12.4. The summed E-state index contributed by atoms with van der Waals surface area (Å²) in [6.07, 6.45) is 6.03. The molecule has 11 nitrogen and oxygen atoms in total. The van der Waals surface area contributed by atoms with E-state index < -0.39 is 10.0 Å². The molecule has 2 amide bonds. The maximum Gasteiger partial charge on any atom is 0.234 e. The number of aryl methyl sites for hydroxylation is 1. The third-order valence-corrected chi connectivity index (χ3v) is 6.15. The fourth-order valence-electron chi connectivity index (χ4n) is 3.31. The number of aromatic nitrogens is 4. The van der Waals surface area contributed by atoms with E-state index >= 15 is 0 Å². The second kappa shape index (κ2) is 9.36. The predicted octanol–water partition coefficient (Wildman–Crippen LogP) is 2.04. The Labute approximate surface area is 190 Å². The van der Waals surface area contributed by atoms with Gasteiger partial charge in [0.05, 0.1) is 5.75 Å². The van der Waals surface area contributed by atoms with Crippen molar-refractivity contribution in [3.63, 3.8) is 0 Å². The van der Waals surface area contributed by atoms with Crippen LogP contribution < -0.4 is 9.46 Å². The molecule has 0 unspecified atom stereocenters. The quantitative estimate of drug-likeness (QED) is 0.494. The van der Waals surface area contributed by atoms with Crippen molar-refractivity contribution in [2.24, 2.45) is 0 Å². The highest BCUT2D eigenvalue weighted by Gasteiger charge is 2.27. The van der Waals surface area contributed by atoms with Crippen molar-refractivity contribution in [2.45, 2.75) is 26.2 Å².